The first-order valence-electron chi connectivity index (χ1n) is 11.1. The van der Waals surface area contributed by atoms with Gasteiger partial charge in [0.05, 0.1) is 19.0 Å². The van der Waals surface area contributed by atoms with Crippen molar-refractivity contribution in [2.75, 3.05) is 30.9 Å². The van der Waals surface area contributed by atoms with Gasteiger partial charge < -0.3 is 9.64 Å². The molecule has 1 aromatic carbocycles. The van der Waals surface area contributed by atoms with E-state index in [1.807, 2.05) is 24.3 Å². The van der Waals surface area contributed by atoms with Crippen molar-refractivity contribution in [3.05, 3.63) is 66.1 Å². The van der Waals surface area contributed by atoms with Gasteiger partial charge in [0.2, 0.25) is 10.0 Å². The number of pyridine rings is 1. The average Bonchev–Trinajstić information content (AvgIpc) is 2.78. The van der Waals surface area contributed by atoms with Crippen molar-refractivity contribution >= 4 is 21.4 Å². The number of allylic oxidation sites excluding steroid dienone is 1. The van der Waals surface area contributed by atoms with Crippen LogP contribution in [-0.4, -0.2) is 51.5 Å². The number of nitrogens with one attached hydrogen (secondary N) is 1. The van der Waals surface area contributed by atoms with E-state index < -0.39 is 10.0 Å². The molecule has 1 unspecified atom stereocenters. The highest BCUT2D eigenvalue weighted by atomic mass is 32.2. The molecule has 32 heavy (non-hydrogen) atoms. The number of aromatic nitrogens is 1. The summed E-state index contributed by atoms with van der Waals surface area (Å²) in [7, 11) is -3.30. The fourth-order valence-corrected chi connectivity index (χ4v) is 5.41. The summed E-state index contributed by atoms with van der Waals surface area (Å²) >= 11 is 0. The van der Waals surface area contributed by atoms with Gasteiger partial charge in [-0.2, -0.15) is 0 Å². The Bertz CT molecular complexity index is 1050. The second-order valence-corrected chi connectivity index (χ2v) is 10.4. The zero-order valence-electron chi connectivity index (χ0n) is 18.3. The van der Waals surface area contributed by atoms with Crippen LogP contribution in [0.1, 0.15) is 31.2 Å². The lowest BCUT2D eigenvalue weighted by molar-refractivity contribution is 0.0164. The minimum atomic E-state index is -3.30. The van der Waals surface area contributed by atoms with Crippen LogP contribution in [0.15, 0.2) is 54.7 Å². The standard InChI is InChI=1S/C24H30FN3O3S/c1-32(29,30)27-23-12-14-28(24-7-2-3-13-26-24)16-20(23)17-31-22-10-8-18(9-11-22)19-5-4-6-21(25)15-19/h2-8,13,15,20,22-23,27H,9-12,14,16-17H2,1H3/t20-,22?,23-/m0/s1. The third kappa shape index (κ3) is 6.15. The predicted octanol–water partition coefficient (Wildman–Crippen LogP) is 3.62. The summed E-state index contributed by atoms with van der Waals surface area (Å²) in [5.41, 5.74) is 2.08. The topological polar surface area (TPSA) is 71.5 Å². The second kappa shape index (κ2) is 10.1. The summed E-state index contributed by atoms with van der Waals surface area (Å²) in [5, 5.41) is 0. The van der Waals surface area contributed by atoms with Crippen LogP contribution in [0.2, 0.25) is 0 Å². The normalized spacial score (nSPS) is 24.2. The maximum absolute atomic E-state index is 13.5. The monoisotopic (exact) mass is 459 g/mol. The van der Waals surface area contributed by atoms with Crippen LogP contribution in [0, 0.1) is 11.7 Å². The Morgan fingerprint density at radius 2 is 2.09 bits per heavy atom. The van der Waals surface area contributed by atoms with Crippen molar-refractivity contribution in [1.82, 2.24) is 9.71 Å². The number of piperidine rings is 1. The van der Waals surface area contributed by atoms with Crippen LogP contribution >= 0.6 is 0 Å². The SMILES string of the molecule is CS(=O)(=O)N[C@H]1CCN(c2ccccn2)C[C@H]1COC1CC=C(c2cccc(F)c2)CC1. The van der Waals surface area contributed by atoms with Gasteiger partial charge in [-0.05, 0) is 61.1 Å². The maximum Gasteiger partial charge on any atom is 0.208 e. The predicted molar refractivity (Wildman–Crippen MR) is 124 cm³/mol. The zero-order chi connectivity index (χ0) is 22.6. The van der Waals surface area contributed by atoms with E-state index in [0.717, 1.165) is 42.8 Å². The Morgan fingerprint density at radius 1 is 1.22 bits per heavy atom. The number of anilines is 1. The molecule has 0 bridgehead atoms. The first kappa shape index (κ1) is 22.9. The van der Waals surface area contributed by atoms with E-state index in [2.05, 4.69) is 20.7 Å². The first-order valence-corrected chi connectivity index (χ1v) is 13.0. The largest absolute Gasteiger partial charge is 0.377 e. The quantitative estimate of drug-likeness (QED) is 0.685. The van der Waals surface area contributed by atoms with Crippen LogP contribution < -0.4 is 9.62 Å². The minimum absolute atomic E-state index is 0.0223. The lowest BCUT2D eigenvalue weighted by Gasteiger charge is -2.39. The molecule has 1 aliphatic carbocycles. The molecule has 2 aliphatic rings. The molecule has 3 atom stereocenters. The van der Waals surface area contributed by atoms with Crippen molar-refractivity contribution in [2.24, 2.45) is 5.92 Å². The van der Waals surface area contributed by atoms with Gasteiger partial charge in [0.1, 0.15) is 11.6 Å². The Balaban J connectivity index is 1.38. The van der Waals surface area contributed by atoms with E-state index in [9.17, 15) is 12.8 Å². The number of hydrogen-bond acceptors (Lipinski definition) is 5. The van der Waals surface area contributed by atoms with Crippen LogP contribution in [0.3, 0.4) is 0 Å². The van der Waals surface area contributed by atoms with Gasteiger partial charge in [-0.15, -0.1) is 0 Å². The van der Waals surface area contributed by atoms with Crippen molar-refractivity contribution in [2.45, 2.75) is 37.8 Å². The van der Waals surface area contributed by atoms with E-state index in [4.69, 9.17) is 4.74 Å². The minimum Gasteiger partial charge on any atom is -0.377 e. The fraction of sp³-hybridized carbons (Fsp3) is 0.458. The molecule has 1 saturated heterocycles. The number of sulfonamides is 1. The Morgan fingerprint density at radius 3 is 2.78 bits per heavy atom. The third-order valence-corrected chi connectivity index (χ3v) is 6.91. The lowest BCUT2D eigenvalue weighted by Crippen LogP contribution is -2.52. The molecule has 1 N–H and O–H groups in total. The molecule has 172 valence electrons. The summed E-state index contributed by atoms with van der Waals surface area (Å²) in [6.07, 6.45) is 8.36. The molecular formula is C24H30FN3O3S. The van der Waals surface area contributed by atoms with Crippen molar-refractivity contribution in [1.29, 1.82) is 0 Å². The molecule has 1 aliphatic heterocycles. The number of hydrogen-bond donors (Lipinski definition) is 1. The maximum atomic E-state index is 13.5. The summed E-state index contributed by atoms with van der Waals surface area (Å²) in [6.45, 7) is 1.90. The molecule has 4 rings (SSSR count). The van der Waals surface area contributed by atoms with Gasteiger partial charge in [0.15, 0.2) is 0 Å². The van der Waals surface area contributed by atoms with Crippen molar-refractivity contribution < 1.29 is 17.5 Å². The molecule has 0 amide bonds. The highest BCUT2D eigenvalue weighted by molar-refractivity contribution is 7.88. The molecule has 0 spiro atoms. The van der Waals surface area contributed by atoms with Crippen molar-refractivity contribution in [3.63, 3.8) is 0 Å². The van der Waals surface area contributed by atoms with Gasteiger partial charge in [0, 0.05) is 31.2 Å². The van der Waals surface area contributed by atoms with Crippen molar-refractivity contribution in [3.8, 4) is 0 Å². The molecule has 1 aromatic heterocycles. The summed E-state index contributed by atoms with van der Waals surface area (Å²) in [6, 6.07) is 12.4. The Hall–Kier alpha value is -2.29. The summed E-state index contributed by atoms with van der Waals surface area (Å²) in [5.74, 6) is 0.700. The van der Waals surface area contributed by atoms with Crippen LogP contribution in [0.4, 0.5) is 10.2 Å². The molecule has 6 nitrogen and oxygen atoms in total. The molecule has 8 heteroatoms. The molecule has 2 heterocycles. The number of halogens is 1. The number of benzene rings is 1. The van der Waals surface area contributed by atoms with E-state index in [0.29, 0.717) is 19.6 Å². The van der Waals surface area contributed by atoms with Gasteiger partial charge in [-0.25, -0.2) is 22.5 Å². The van der Waals surface area contributed by atoms with E-state index >= 15 is 0 Å². The number of nitrogens with zero attached hydrogens (tertiary/aromatic N) is 2. The highest BCUT2D eigenvalue weighted by Gasteiger charge is 2.32. The highest BCUT2D eigenvalue weighted by Crippen LogP contribution is 2.30. The molecule has 1 fully saturated rings. The van der Waals surface area contributed by atoms with Gasteiger partial charge >= 0.3 is 0 Å². The molecule has 0 saturated carbocycles. The molecule has 0 radical (unpaired) electrons. The van der Waals surface area contributed by atoms with Crippen LogP contribution in [-0.2, 0) is 14.8 Å². The summed E-state index contributed by atoms with van der Waals surface area (Å²) < 4.78 is 46.4. The van der Waals surface area contributed by atoms with Crippen LogP contribution in [0.5, 0.6) is 0 Å². The molecule has 2 aromatic rings. The van der Waals surface area contributed by atoms with E-state index in [-0.39, 0.29) is 23.9 Å². The lowest BCUT2D eigenvalue weighted by atomic mass is 9.91. The number of rotatable bonds is 7. The van der Waals surface area contributed by atoms with Crippen LogP contribution in [0.25, 0.3) is 5.57 Å². The summed E-state index contributed by atoms with van der Waals surface area (Å²) in [4.78, 5) is 6.63. The first-order chi connectivity index (χ1) is 15.4. The van der Waals surface area contributed by atoms with E-state index in [1.54, 1.807) is 18.3 Å². The average molecular weight is 460 g/mol. The third-order valence-electron chi connectivity index (χ3n) is 6.18. The number of ether oxygens (including phenoxy) is 1. The van der Waals surface area contributed by atoms with E-state index in [1.165, 1.54) is 12.3 Å². The smallest absolute Gasteiger partial charge is 0.208 e. The second-order valence-electron chi connectivity index (χ2n) is 8.65. The Kier molecular flexibility index (Phi) is 7.23. The zero-order valence-corrected chi connectivity index (χ0v) is 19.1. The van der Waals surface area contributed by atoms with Gasteiger partial charge in [-0.3, -0.25) is 0 Å². The fourth-order valence-electron chi connectivity index (χ4n) is 4.55. The van der Waals surface area contributed by atoms with Gasteiger partial charge in [-0.1, -0.05) is 24.3 Å². The Labute approximate surface area is 189 Å². The van der Waals surface area contributed by atoms with Gasteiger partial charge in [0.25, 0.3) is 0 Å². The molecular weight excluding hydrogens is 429 g/mol.